The minimum Gasteiger partial charge on any atom is -0.362 e. The molecule has 0 aliphatic carbocycles. The fourth-order valence-electron chi connectivity index (χ4n) is 2.47. The Morgan fingerprint density at radius 2 is 2.00 bits per heavy atom. The van der Waals surface area contributed by atoms with Gasteiger partial charge in [-0.15, -0.1) is 10.2 Å². The van der Waals surface area contributed by atoms with Crippen molar-refractivity contribution in [2.75, 3.05) is 11.4 Å². The van der Waals surface area contributed by atoms with Crippen LogP contribution in [0.1, 0.15) is 17.2 Å². The molecule has 1 aliphatic rings. The largest absolute Gasteiger partial charge is 0.451 e. The molecule has 0 radical (unpaired) electrons. The molecule has 5 nitrogen and oxygen atoms in total. The first-order valence-corrected chi connectivity index (χ1v) is 6.52. The Morgan fingerprint density at radius 1 is 1.19 bits per heavy atom. The third-order valence-electron chi connectivity index (χ3n) is 3.52. The summed E-state index contributed by atoms with van der Waals surface area (Å²) >= 11 is 0. The molecule has 1 aromatic carbocycles. The first-order chi connectivity index (χ1) is 9.99. The molecule has 0 spiro atoms. The molecule has 112 valence electrons. The highest BCUT2D eigenvalue weighted by molar-refractivity contribution is 5.49. The van der Waals surface area contributed by atoms with Gasteiger partial charge in [-0.25, -0.2) is 0 Å². The molecule has 0 fully saturated rings. The molecule has 2 aromatic rings. The van der Waals surface area contributed by atoms with E-state index in [-0.39, 0.29) is 6.54 Å². The number of nitrogens with zero attached hydrogens (tertiary/aromatic N) is 4. The van der Waals surface area contributed by atoms with Crippen LogP contribution < -0.4 is 10.6 Å². The number of alkyl halides is 3. The van der Waals surface area contributed by atoms with Gasteiger partial charge in [-0.2, -0.15) is 13.2 Å². The lowest BCUT2D eigenvalue weighted by molar-refractivity contribution is -0.147. The van der Waals surface area contributed by atoms with Crippen LogP contribution in [0, 0.1) is 0 Å². The minimum absolute atomic E-state index is 0.212. The van der Waals surface area contributed by atoms with Gasteiger partial charge in [0.2, 0.25) is 5.82 Å². The molecular formula is C13H14F3N5. The summed E-state index contributed by atoms with van der Waals surface area (Å²) in [7, 11) is 0. The highest BCUT2D eigenvalue weighted by Gasteiger charge is 2.39. The molecule has 8 heteroatoms. The average Bonchev–Trinajstić information content (AvgIpc) is 2.90. The lowest BCUT2D eigenvalue weighted by Gasteiger charge is -2.30. The second kappa shape index (κ2) is 5.03. The van der Waals surface area contributed by atoms with Crippen LogP contribution in [0.4, 0.5) is 18.9 Å². The Labute approximate surface area is 119 Å². The van der Waals surface area contributed by atoms with Crippen molar-refractivity contribution in [2.24, 2.45) is 5.73 Å². The predicted octanol–water partition coefficient (Wildman–Crippen LogP) is 1.78. The summed E-state index contributed by atoms with van der Waals surface area (Å²) in [6, 6.07) is 7.66. The Hall–Kier alpha value is -2.09. The first-order valence-electron chi connectivity index (χ1n) is 6.52. The number of halogens is 3. The van der Waals surface area contributed by atoms with Crippen molar-refractivity contribution in [1.29, 1.82) is 0 Å². The molecule has 3 rings (SSSR count). The van der Waals surface area contributed by atoms with Crippen molar-refractivity contribution in [1.82, 2.24) is 14.8 Å². The van der Waals surface area contributed by atoms with Crippen molar-refractivity contribution in [3.8, 4) is 0 Å². The fourth-order valence-corrected chi connectivity index (χ4v) is 2.47. The monoisotopic (exact) mass is 297 g/mol. The van der Waals surface area contributed by atoms with Gasteiger partial charge in [0, 0.05) is 25.3 Å². The van der Waals surface area contributed by atoms with Gasteiger partial charge in [-0.3, -0.25) is 0 Å². The van der Waals surface area contributed by atoms with Crippen LogP contribution in [0.25, 0.3) is 0 Å². The van der Waals surface area contributed by atoms with Gasteiger partial charge in [0.05, 0.1) is 6.54 Å². The number of nitrogens with two attached hydrogens (primary N) is 1. The third kappa shape index (κ3) is 2.58. The Kier molecular flexibility index (Phi) is 3.32. The van der Waals surface area contributed by atoms with E-state index < -0.39 is 12.0 Å². The SMILES string of the molecule is NCc1cccc(N2CCn3c(nnc3C(F)(F)F)C2)c1. The van der Waals surface area contributed by atoms with Gasteiger partial charge in [0.25, 0.3) is 0 Å². The zero-order chi connectivity index (χ0) is 15.0. The summed E-state index contributed by atoms with van der Waals surface area (Å²) in [5, 5.41) is 6.94. The maximum absolute atomic E-state index is 12.8. The van der Waals surface area contributed by atoms with Crippen LogP contribution in [-0.2, 0) is 25.8 Å². The molecular weight excluding hydrogens is 283 g/mol. The van der Waals surface area contributed by atoms with Crippen LogP contribution in [0.15, 0.2) is 24.3 Å². The number of anilines is 1. The number of hydrogen-bond acceptors (Lipinski definition) is 4. The van der Waals surface area contributed by atoms with E-state index in [1.165, 1.54) is 0 Å². The summed E-state index contributed by atoms with van der Waals surface area (Å²) in [6.45, 7) is 1.42. The zero-order valence-electron chi connectivity index (χ0n) is 11.1. The second-order valence-corrected chi connectivity index (χ2v) is 4.88. The molecule has 0 atom stereocenters. The van der Waals surface area contributed by atoms with Crippen LogP contribution in [0.5, 0.6) is 0 Å². The zero-order valence-corrected chi connectivity index (χ0v) is 11.1. The molecule has 0 saturated carbocycles. The quantitative estimate of drug-likeness (QED) is 0.918. The van der Waals surface area contributed by atoms with Crippen molar-refractivity contribution in [3.05, 3.63) is 41.5 Å². The van der Waals surface area contributed by atoms with Gasteiger partial charge in [0.1, 0.15) is 0 Å². The Bertz CT molecular complexity index is 649. The van der Waals surface area contributed by atoms with Crippen LogP contribution in [0.3, 0.4) is 0 Å². The molecule has 2 N–H and O–H groups in total. The molecule has 21 heavy (non-hydrogen) atoms. The summed E-state index contributed by atoms with van der Waals surface area (Å²) in [5.41, 5.74) is 7.52. The van der Waals surface area contributed by atoms with Crippen molar-refractivity contribution < 1.29 is 13.2 Å². The number of fused-ring (bicyclic) bond motifs is 1. The van der Waals surface area contributed by atoms with E-state index in [0.29, 0.717) is 25.5 Å². The van der Waals surface area contributed by atoms with Crippen molar-refractivity contribution in [2.45, 2.75) is 25.8 Å². The van der Waals surface area contributed by atoms with Gasteiger partial charge in [-0.05, 0) is 17.7 Å². The molecule has 0 unspecified atom stereocenters. The van der Waals surface area contributed by atoms with Crippen molar-refractivity contribution >= 4 is 5.69 Å². The summed E-state index contributed by atoms with van der Waals surface area (Å²) in [4.78, 5) is 1.98. The second-order valence-electron chi connectivity index (χ2n) is 4.88. The molecule has 1 aromatic heterocycles. The Morgan fingerprint density at radius 3 is 2.71 bits per heavy atom. The summed E-state index contributed by atoms with van der Waals surface area (Å²) < 4.78 is 39.5. The maximum atomic E-state index is 12.8. The van der Waals surface area contributed by atoms with Gasteiger partial charge in [-0.1, -0.05) is 12.1 Å². The lowest BCUT2D eigenvalue weighted by atomic mass is 10.1. The average molecular weight is 297 g/mol. The number of benzene rings is 1. The maximum Gasteiger partial charge on any atom is 0.451 e. The number of rotatable bonds is 2. The highest BCUT2D eigenvalue weighted by Crippen LogP contribution is 2.30. The van der Waals surface area contributed by atoms with E-state index in [1.54, 1.807) is 0 Å². The van der Waals surface area contributed by atoms with Crippen molar-refractivity contribution in [3.63, 3.8) is 0 Å². The fraction of sp³-hybridized carbons (Fsp3) is 0.385. The van der Waals surface area contributed by atoms with E-state index in [9.17, 15) is 13.2 Å². The standard InChI is InChI=1S/C13H14F3N5/c14-13(15,16)12-19-18-11-8-20(4-5-21(11)12)10-3-1-2-9(6-10)7-17/h1-3,6H,4-5,7-8,17H2. The van der Waals surface area contributed by atoms with Gasteiger partial charge < -0.3 is 15.2 Å². The van der Waals surface area contributed by atoms with Gasteiger partial charge >= 0.3 is 6.18 Å². The third-order valence-corrected chi connectivity index (χ3v) is 3.52. The smallest absolute Gasteiger partial charge is 0.362 e. The number of aromatic nitrogens is 3. The van der Waals surface area contributed by atoms with E-state index in [0.717, 1.165) is 15.8 Å². The van der Waals surface area contributed by atoms with Gasteiger partial charge in [0.15, 0.2) is 5.82 Å². The molecule has 0 amide bonds. The van der Waals surface area contributed by atoms with Crippen LogP contribution >= 0.6 is 0 Å². The van der Waals surface area contributed by atoms with Crippen LogP contribution in [-0.4, -0.2) is 21.3 Å². The molecule has 0 saturated heterocycles. The molecule has 1 aliphatic heterocycles. The van der Waals surface area contributed by atoms with E-state index in [4.69, 9.17) is 5.73 Å². The molecule has 0 bridgehead atoms. The van der Waals surface area contributed by atoms with E-state index in [1.807, 2.05) is 29.2 Å². The Balaban J connectivity index is 1.86. The molecule has 2 heterocycles. The lowest BCUT2D eigenvalue weighted by Crippen LogP contribution is -2.35. The topological polar surface area (TPSA) is 60.0 Å². The van der Waals surface area contributed by atoms with E-state index >= 15 is 0 Å². The van der Waals surface area contributed by atoms with Crippen LogP contribution in [0.2, 0.25) is 0 Å². The van der Waals surface area contributed by atoms with E-state index in [2.05, 4.69) is 10.2 Å². The highest BCUT2D eigenvalue weighted by atomic mass is 19.4. The minimum atomic E-state index is -4.47. The normalized spacial score (nSPS) is 15.1. The summed E-state index contributed by atoms with van der Waals surface area (Å²) in [5.74, 6) is -0.598. The first kappa shape index (κ1) is 13.9. The summed E-state index contributed by atoms with van der Waals surface area (Å²) in [6.07, 6.45) is -4.47. The number of hydrogen-bond donors (Lipinski definition) is 1. The predicted molar refractivity (Wildman–Crippen MR) is 70.4 cm³/mol.